The average Bonchev–Trinajstić information content (AvgIpc) is 3.21. The molecule has 6 heteroatoms. The Morgan fingerprint density at radius 2 is 1.55 bits per heavy atom. The lowest BCUT2D eigenvalue weighted by atomic mass is 10.2. The van der Waals surface area contributed by atoms with Crippen molar-refractivity contribution in [2.45, 2.75) is 6.42 Å². The van der Waals surface area contributed by atoms with E-state index in [1.165, 1.54) is 0 Å². The molecular formula is C25H25N3O2S. The summed E-state index contributed by atoms with van der Waals surface area (Å²) in [5, 5.41) is 0.731. The Morgan fingerprint density at radius 1 is 0.871 bits per heavy atom. The molecule has 0 N–H and O–H groups in total. The largest absolute Gasteiger partial charge is 0.457 e. The monoisotopic (exact) mass is 431 g/mol. The fourth-order valence-corrected chi connectivity index (χ4v) is 4.24. The maximum absolute atomic E-state index is 13.4. The first-order valence-corrected chi connectivity index (χ1v) is 11.1. The molecular weight excluding hydrogens is 406 g/mol. The number of carbonyl (C=O) groups is 1. The van der Waals surface area contributed by atoms with Gasteiger partial charge in [-0.1, -0.05) is 41.7 Å². The minimum absolute atomic E-state index is 0.0518. The van der Waals surface area contributed by atoms with Gasteiger partial charge in [0.2, 0.25) is 0 Å². The normalized spacial score (nSPS) is 11.1. The van der Waals surface area contributed by atoms with Crippen LogP contribution in [0.1, 0.15) is 16.8 Å². The van der Waals surface area contributed by atoms with Crippen molar-refractivity contribution >= 4 is 32.6 Å². The van der Waals surface area contributed by atoms with Crippen LogP contribution in [0.2, 0.25) is 0 Å². The van der Waals surface area contributed by atoms with Crippen molar-refractivity contribution in [3.63, 3.8) is 0 Å². The van der Waals surface area contributed by atoms with Gasteiger partial charge in [-0.15, -0.1) is 0 Å². The Morgan fingerprint density at radius 3 is 2.26 bits per heavy atom. The molecule has 5 nitrogen and oxygen atoms in total. The summed E-state index contributed by atoms with van der Waals surface area (Å²) in [6, 6.07) is 24.9. The van der Waals surface area contributed by atoms with Crippen molar-refractivity contribution in [1.82, 2.24) is 9.88 Å². The van der Waals surface area contributed by atoms with Gasteiger partial charge in [0.05, 0.1) is 10.2 Å². The number of thiazole rings is 1. The molecule has 0 aliphatic rings. The van der Waals surface area contributed by atoms with Gasteiger partial charge in [-0.05, 0) is 75.6 Å². The molecule has 0 aliphatic heterocycles. The molecule has 1 heterocycles. The topological polar surface area (TPSA) is 45.7 Å². The van der Waals surface area contributed by atoms with E-state index in [0.717, 1.165) is 34.1 Å². The van der Waals surface area contributed by atoms with Crippen molar-refractivity contribution in [3.05, 3.63) is 84.4 Å². The highest BCUT2D eigenvalue weighted by molar-refractivity contribution is 7.22. The van der Waals surface area contributed by atoms with E-state index in [1.54, 1.807) is 16.2 Å². The van der Waals surface area contributed by atoms with Crippen LogP contribution in [-0.4, -0.2) is 43.0 Å². The predicted molar refractivity (Wildman–Crippen MR) is 127 cm³/mol. The highest BCUT2D eigenvalue weighted by atomic mass is 32.1. The molecule has 3 aromatic carbocycles. The van der Waals surface area contributed by atoms with Crippen molar-refractivity contribution in [1.29, 1.82) is 0 Å². The average molecular weight is 432 g/mol. The SMILES string of the molecule is CN(C)CCCN(C(=O)c1ccc(Oc2ccccc2)cc1)c1nc2ccccc2s1. The summed E-state index contributed by atoms with van der Waals surface area (Å²) in [6.07, 6.45) is 0.865. The molecule has 1 aromatic heterocycles. The molecule has 0 aliphatic carbocycles. The molecule has 4 rings (SSSR count). The fourth-order valence-electron chi connectivity index (χ4n) is 3.25. The van der Waals surface area contributed by atoms with Crippen LogP contribution in [-0.2, 0) is 0 Å². The quantitative estimate of drug-likeness (QED) is 0.360. The molecule has 0 atom stereocenters. The number of nitrogens with zero attached hydrogens (tertiary/aromatic N) is 3. The lowest BCUT2D eigenvalue weighted by Gasteiger charge is -2.21. The number of ether oxygens (including phenoxy) is 1. The zero-order valence-electron chi connectivity index (χ0n) is 17.7. The van der Waals surface area contributed by atoms with Crippen LogP contribution in [0, 0.1) is 0 Å². The summed E-state index contributed by atoms with van der Waals surface area (Å²) >= 11 is 1.55. The van der Waals surface area contributed by atoms with Crippen molar-refractivity contribution < 1.29 is 9.53 Å². The van der Waals surface area contributed by atoms with Crippen molar-refractivity contribution in [3.8, 4) is 11.5 Å². The number of rotatable bonds is 8. The number of amides is 1. The van der Waals surface area contributed by atoms with Crippen LogP contribution in [0.25, 0.3) is 10.2 Å². The van der Waals surface area contributed by atoms with Gasteiger partial charge in [0.15, 0.2) is 5.13 Å². The van der Waals surface area contributed by atoms with Gasteiger partial charge >= 0.3 is 0 Å². The Kier molecular flexibility index (Phi) is 6.60. The van der Waals surface area contributed by atoms with Crippen LogP contribution in [0.4, 0.5) is 5.13 Å². The van der Waals surface area contributed by atoms with E-state index in [-0.39, 0.29) is 5.91 Å². The fraction of sp³-hybridized carbons (Fsp3) is 0.200. The lowest BCUT2D eigenvalue weighted by molar-refractivity contribution is 0.0986. The Bertz CT molecular complexity index is 1110. The number of para-hydroxylation sites is 2. The van der Waals surface area contributed by atoms with E-state index < -0.39 is 0 Å². The van der Waals surface area contributed by atoms with E-state index in [1.807, 2.05) is 93.0 Å². The molecule has 0 unspecified atom stereocenters. The second-order valence-corrected chi connectivity index (χ2v) is 8.53. The molecule has 31 heavy (non-hydrogen) atoms. The zero-order valence-corrected chi connectivity index (χ0v) is 18.5. The Balaban J connectivity index is 1.55. The number of aromatic nitrogens is 1. The number of hydrogen-bond acceptors (Lipinski definition) is 5. The van der Waals surface area contributed by atoms with Crippen LogP contribution >= 0.6 is 11.3 Å². The first kappa shape index (κ1) is 21.0. The Hall–Kier alpha value is -3.22. The molecule has 0 bridgehead atoms. The molecule has 4 aromatic rings. The molecule has 0 saturated heterocycles. The summed E-state index contributed by atoms with van der Waals surface area (Å²) in [5.41, 5.74) is 1.53. The summed E-state index contributed by atoms with van der Waals surface area (Å²) in [4.78, 5) is 22.0. The minimum atomic E-state index is -0.0518. The first-order valence-electron chi connectivity index (χ1n) is 10.3. The summed E-state index contributed by atoms with van der Waals surface area (Å²) in [6.45, 7) is 1.51. The van der Waals surface area contributed by atoms with Crippen LogP contribution in [0.15, 0.2) is 78.9 Å². The third kappa shape index (κ3) is 5.29. The third-order valence-electron chi connectivity index (χ3n) is 4.83. The smallest absolute Gasteiger partial charge is 0.260 e. The molecule has 0 radical (unpaired) electrons. The van der Waals surface area contributed by atoms with E-state index in [0.29, 0.717) is 17.9 Å². The molecule has 0 fully saturated rings. The van der Waals surface area contributed by atoms with Gasteiger partial charge in [0.1, 0.15) is 11.5 Å². The number of hydrogen-bond donors (Lipinski definition) is 0. The van der Waals surface area contributed by atoms with E-state index in [4.69, 9.17) is 9.72 Å². The van der Waals surface area contributed by atoms with E-state index >= 15 is 0 Å². The Labute approximate surface area is 186 Å². The van der Waals surface area contributed by atoms with Crippen LogP contribution in [0.5, 0.6) is 11.5 Å². The summed E-state index contributed by atoms with van der Waals surface area (Å²) in [5.74, 6) is 1.41. The van der Waals surface area contributed by atoms with Gasteiger partial charge < -0.3 is 9.64 Å². The summed E-state index contributed by atoms with van der Waals surface area (Å²) < 4.78 is 6.93. The lowest BCUT2D eigenvalue weighted by Crippen LogP contribution is -2.33. The highest BCUT2D eigenvalue weighted by Crippen LogP contribution is 2.30. The molecule has 0 saturated carbocycles. The predicted octanol–water partition coefficient (Wildman–Crippen LogP) is 5.69. The summed E-state index contributed by atoms with van der Waals surface area (Å²) in [7, 11) is 4.07. The number of benzene rings is 3. The second kappa shape index (κ2) is 9.73. The zero-order chi connectivity index (χ0) is 21.6. The standard InChI is InChI=1S/C25H25N3O2S/c1-27(2)17-8-18-28(25-26-22-11-6-7-12-23(22)31-25)24(29)19-13-15-21(16-14-19)30-20-9-4-3-5-10-20/h3-7,9-16H,8,17-18H2,1-2H3. The maximum Gasteiger partial charge on any atom is 0.260 e. The number of anilines is 1. The van der Waals surface area contributed by atoms with Gasteiger partial charge in [-0.2, -0.15) is 0 Å². The van der Waals surface area contributed by atoms with Gasteiger partial charge in [-0.3, -0.25) is 9.69 Å². The second-order valence-electron chi connectivity index (χ2n) is 7.52. The van der Waals surface area contributed by atoms with Gasteiger partial charge in [0, 0.05) is 12.1 Å². The first-order chi connectivity index (χ1) is 15.1. The van der Waals surface area contributed by atoms with E-state index in [2.05, 4.69) is 4.90 Å². The maximum atomic E-state index is 13.4. The van der Waals surface area contributed by atoms with Crippen molar-refractivity contribution in [2.24, 2.45) is 0 Å². The van der Waals surface area contributed by atoms with Crippen molar-refractivity contribution in [2.75, 3.05) is 32.1 Å². The number of carbonyl (C=O) groups excluding carboxylic acids is 1. The number of fused-ring (bicyclic) bond motifs is 1. The third-order valence-corrected chi connectivity index (χ3v) is 5.89. The van der Waals surface area contributed by atoms with Crippen LogP contribution < -0.4 is 9.64 Å². The van der Waals surface area contributed by atoms with E-state index in [9.17, 15) is 4.79 Å². The molecule has 0 spiro atoms. The molecule has 158 valence electrons. The van der Waals surface area contributed by atoms with Crippen LogP contribution in [0.3, 0.4) is 0 Å². The van der Waals surface area contributed by atoms with Gasteiger partial charge in [0.25, 0.3) is 5.91 Å². The molecule has 1 amide bonds. The highest BCUT2D eigenvalue weighted by Gasteiger charge is 2.21. The minimum Gasteiger partial charge on any atom is -0.457 e. The van der Waals surface area contributed by atoms with Gasteiger partial charge in [-0.25, -0.2) is 4.98 Å².